The van der Waals surface area contributed by atoms with Crippen molar-refractivity contribution in [2.45, 2.75) is 33.7 Å². The summed E-state index contributed by atoms with van der Waals surface area (Å²) in [5.41, 5.74) is 0.998. The van der Waals surface area contributed by atoms with Crippen molar-refractivity contribution in [2.75, 3.05) is 13.1 Å². The molecule has 1 N–H and O–H groups in total. The molecule has 1 atom stereocenters. The summed E-state index contributed by atoms with van der Waals surface area (Å²) in [6.45, 7) is 6.42. The number of rotatable bonds is 3. The molecule has 0 aromatic carbocycles. The van der Waals surface area contributed by atoms with Crippen LogP contribution in [0.4, 0.5) is 0 Å². The summed E-state index contributed by atoms with van der Waals surface area (Å²) >= 11 is 0. The number of aromatic nitrogens is 2. The van der Waals surface area contributed by atoms with E-state index in [1.165, 1.54) is 0 Å². The van der Waals surface area contributed by atoms with Gasteiger partial charge in [-0.05, 0) is 33.3 Å². The van der Waals surface area contributed by atoms with Crippen LogP contribution in [0.5, 0.6) is 0 Å². The molecule has 1 aromatic heterocycles. The lowest BCUT2D eigenvalue weighted by Gasteiger charge is -2.20. The average Bonchev–Trinajstić information content (AvgIpc) is 2.84. The molecule has 0 spiro atoms. The third-order valence-electron chi connectivity index (χ3n) is 3.73. The second-order valence-electron chi connectivity index (χ2n) is 5.52. The molecule has 2 rings (SSSR count). The van der Waals surface area contributed by atoms with Crippen LogP contribution in [0.25, 0.3) is 0 Å². The molecule has 6 nitrogen and oxygen atoms in total. The predicted octanol–water partition coefficient (Wildman–Crippen LogP) is 0.823. The van der Waals surface area contributed by atoms with E-state index in [1.54, 1.807) is 16.5 Å². The third-order valence-corrected chi connectivity index (χ3v) is 3.73. The molecule has 1 amide bonds. The first-order chi connectivity index (χ1) is 8.82. The minimum absolute atomic E-state index is 0.0730. The lowest BCUT2D eigenvalue weighted by molar-refractivity contribution is -0.147. The molecule has 19 heavy (non-hydrogen) atoms. The molecule has 0 bridgehead atoms. The van der Waals surface area contributed by atoms with E-state index in [0.717, 1.165) is 11.4 Å². The largest absolute Gasteiger partial charge is 0.481 e. The average molecular weight is 265 g/mol. The van der Waals surface area contributed by atoms with E-state index in [2.05, 4.69) is 5.10 Å². The van der Waals surface area contributed by atoms with Crippen molar-refractivity contribution < 1.29 is 14.7 Å². The van der Waals surface area contributed by atoms with E-state index in [4.69, 9.17) is 5.11 Å². The highest BCUT2D eigenvalue weighted by Gasteiger charge is 2.42. The van der Waals surface area contributed by atoms with Gasteiger partial charge in [0.15, 0.2) is 0 Å². The molecule has 0 aliphatic carbocycles. The summed E-state index contributed by atoms with van der Waals surface area (Å²) in [6.07, 6.45) is 0.505. The van der Waals surface area contributed by atoms with Crippen LogP contribution in [0.3, 0.4) is 0 Å². The van der Waals surface area contributed by atoms with E-state index in [0.29, 0.717) is 13.0 Å². The number of likely N-dealkylation sites (tertiary alicyclic amines) is 1. The summed E-state index contributed by atoms with van der Waals surface area (Å²) in [5.74, 6) is -0.912. The predicted molar refractivity (Wildman–Crippen MR) is 68.6 cm³/mol. The quantitative estimate of drug-likeness (QED) is 0.878. The number of carboxylic acid groups (broad SMARTS) is 1. The highest BCUT2D eigenvalue weighted by Crippen LogP contribution is 2.30. The van der Waals surface area contributed by atoms with Gasteiger partial charge in [-0.2, -0.15) is 5.10 Å². The van der Waals surface area contributed by atoms with Crippen LogP contribution in [0.1, 0.15) is 24.7 Å². The van der Waals surface area contributed by atoms with Crippen LogP contribution in [0, 0.1) is 19.3 Å². The Morgan fingerprint density at radius 2 is 2.16 bits per heavy atom. The molecule has 1 aliphatic heterocycles. The molecule has 6 heteroatoms. The lowest BCUT2D eigenvalue weighted by atomic mass is 9.90. The standard InChI is InChI=1S/C13H19N3O3/c1-9-6-10(2)16(14-9)7-11(17)15-5-4-13(3,8-15)12(18)19/h6H,4-5,7-8H2,1-3H3,(H,18,19)/t13-/m1/s1. The second kappa shape index (κ2) is 4.68. The summed E-state index contributed by atoms with van der Waals surface area (Å²) < 4.78 is 1.66. The van der Waals surface area contributed by atoms with Crippen molar-refractivity contribution in [3.8, 4) is 0 Å². The normalized spacial score (nSPS) is 22.8. The van der Waals surface area contributed by atoms with Gasteiger partial charge in [0.05, 0.1) is 11.1 Å². The van der Waals surface area contributed by atoms with Gasteiger partial charge in [0, 0.05) is 18.8 Å². The first kappa shape index (κ1) is 13.6. The maximum absolute atomic E-state index is 12.2. The van der Waals surface area contributed by atoms with Gasteiger partial charge in [-0.1, -0.05) is 0 Å². The minimum Gasteiger partial charge on any atom is -0.481 e. The number of hydrogen-bond acceptors (Lipinski definition) is 3. The number of nitrogens with zero attached hydrogens (tertiary/aromatic N) is 3. The van der Waals surface area contributed by atoms with E-state index in [-0.39, 0.29) is 19.0 Å². The zero-order valence-electron chi connectivity index (χ0n) is 11.5. The second-order valence-corrected chi connectivity index (χ2v) is 5.52. The molecule has 1 aromatic rings. The highest BCUT2D eigenvalue weighted by atomic mass is 16.4. The summed E-state index contributed by atoms with van der Waals surface area (Å²) in [4.78, 5) is 24.9. The number of aliphatic carboxylic acids is 1. The fraction of sp³-hybridized carbons (Fsp3) is 0.615. The van der Waals surface area contributed by atoms with Crippen molar-refractivity contribution in [2.24, 2.45) is 5.41 Å². The molecule has 104 valence electrons. The van der Waals surface area contributed by atoms with Gasteiger partial charge < -0.3 is 10.0 Å². The Morgan fingerprint density at radius 3 is 2.63 bits per heavy atom. The van der Waals surface area contributed by atoms with Gasteiger partial charge in [0.1, 0.15) is 6.54 Å². The van der Waals surface area contributed by atoms with E-state index in [1.807, 2.05) is 19.9 Å². The van der Waals surface area contributed by atoms with Crippen LogP contribution in [-0.2, 0) is 16.1 Å². The zero-order valence-corrected chi connectivity index (χ0v) is 11.5. The Kier molecular flexibility index (Phi) is 3.34. The number of amides is 1. The third kappa shape index (κ3) is 2.62. The lowest BCUT2D eigenvalue weighted by Crippen LogP contribution is -2.36. The molecule has 1 fully saturated rings. The minimum atomic E-state index is -0.839. The monoisotopic (exact) mass is 265 g/mol. The van der Waals surface area contributed by atoms with Gasteiger partial charge in [0.2, 0.25) is 5.91 Å². The van der Waals surface area contributed by atoms with Crippen molar-refractivity contribution in [1.82, 2.24) is 14.7 Å². The SMILES string of the molecule is Cc1cc(C)n(CC(=O)N2CC[C@@](C)(C(=O)O)C2)n1. The number of carbonyl (C=O) groups excluding carboxylic acids is 1. The fourth-order valence-corrected chi connectivity index (χ4v) is 2.41. The Labute approximate surface area is 112 Å². The Hall–Kier alpha value is -1.85. The van der Waals surface area contributed by atoms with E-state index in [9.17, 15) is 9.59 Å². The Balaban J connectivity index is 2.03. The molecule has 0 radical (unpaired) electrons. The summed E-state index contributed by atoms with van der Waals surface area (Å²) in [7, 11) is 0. The summed E-state index contributed by atoms with van der Waals surface area (Å²) in [6, 6.07) is 1.92. The van der Waals surface area contributed by atoms with Crippen LogP contribution < -0.4 is 0 Å². The molecule has 0 unspecified atom stereocenters. The fourth-order valence-electron chi connectivity index (χ4n) is 2.41. The topological polar surface area (TPSA) is 75.4 Å². The van der Waals surface area contributed by atoms with Gasteiger partial charge in [-0.15, -0.1) is 0 Å². The number of carbonyl (C=O) groups is 2. The Bertz CT molecular complexity index is 523. The molecular formula is C13H19N3O3. The van der Waals surface area contributed by atoms with Crippen molar-refractivity contribution in [1.29, 1.82) is 0 Å². The van der Waals surface area contributed by atoms with Crippen LogP contribution >= 0.6 is 0 Å². The van der Waals surface area contributed by atoms with Crippen molar-refractivity contribution in [3.63, 3.8) is 0 Å². The molecular weight excluding hydrogens is 246 g/mol. The first-order valence-corrected chi connectivity index (χ1v) is 6.34. The Morgan fingerprint density at radius 1 is 1.47 bits per heavy atom. The summed E-state index contributed by atoms with van der Waals surface area (Å²) in [5, 5.41) is 13.4. The maximum atomic E-state index is 12.2. The molecule has 1 aliphatic rings. The number of carboxylic acids is 1. The van der Waals surface area contributed by atoms with Gasteiger partial charge >= 0.3 is 5.97 Å². The molecule has 0 saturated carbocycles. The highest BCUT2D eigenvalue weighted by molar-refractivity contribution is 5.80. The van der Waals surface area contributed by atoms with Gasteiger partial charge in [-0.3, -0.25) is 14.3 Å². The molecule has 2 heterocycles. The first-order valence-electron chi connectivity index (χ1n) is 6.34. The smallest absolute Gasteiger partial charge is 0.311 e. The molecule has 1 saturated heterocycles. The zero-order chi connectivity index (χ0) is 14.2. The number of hydrogen-bond donors (Lipinski definition) is 1. The van der Waals surface area contributed by atoms with Gasteiger partial charge in [0.25, 0.3) is 0 Å². The number of aryl methyl sites for hydroxylation is 2. The maximum Gasteiger partial charge on any atom is 0.311 e. The van der Waals surface area contributed by atoms with E-state index < -0.39 is 11.4 Å². The van der Waals surface area contributed by atoms with E-state index >= 15 is 0 Å². The van der Waals surface area contributed by atoms with Crippen molar-refractivity contribution >= 4 is 11.9 Å². The van der Waals surface area contributed by atoms with Gasteiger partial charge in [-0.25, -0.2) is 0 Å². The van der Waals surface area contributed by atoms with Crippen LogP contribution in [-0.4, -0.2) is 44.8 Å². The van der Waals surface area contributed by atoms with Crippen LogP contribution in [0.2, 0.25) is 0 Å². The van der Waals surface area contributed by atoms with Crippen LogP contribution in [0.15, 0.2) is 6.07 Å². The van der Waals surface area contributed by atoms with Crippen molar-refractivity contribution in [3.05, 3.63) is 17.5 Å².